The monoisotopic (exact) mass is 278 g/mol. The first-order valence-electron chi connectivity index (χ1n) is 3.16. The molecule has 0 saturated carbocycles. The van der Waals surface area contributed by atoms with Gasteiger partial charge in [0.1, 0.15) is 0 Å². The van der Waals surface area contributed by atoms with Crippen molar-refractivity contribution in [3.63, 3.8) is 0 Å². The van der Waals surface area contributed by atoms with Crippen LogP contribution in [0.5, 0.6) is 0 Å². The van der Waals surface area contributed by atoms with E-state index in [2.05, 4.69) is 54.1 Å². The summed E-state index contributed by atoms with van der Waals surface area (Å²) in [5.41, 5.74) is 4.17. The lowest BCUT2D eigenvalue weighted by Crippen LogP contribution is -2.21. The van der Waals surface area contributed by atoms with E-state index < -0.39 is 0 Å². The normalized spacial score (nSPS) is 10.0. The molecule has 0 amide bonds. The van der Waals surface area contributed by atoms with Gasteiger partial charge in [-0.1, -0.05) is 28.1 Å². The van der Waals surface area contributed by atoms with E-state index in [4.69, 9.17) is 0 Å². The van der Waals surface area contributed by atoms with Crippen molar-refractivity contribution in [2.45, 2.75) is 6.54 Å². The van der Waals surface area contributed by atoms with Crippen molar-refractivity contribution in [3.8, 4) is 0 Å². The molecule has 0 spiro atoms. The Hall–Kier alpha value is 0.100. The summed E-state index contributed by atoms with van der Waals surface area (Å²) < 4.78 is 3.79. The number of hydrogen-bond acceptors (Lipinski definition) is 2. The predicted octanol–water partition coefficient (Wildman–Crippen LogP) is 2.35. The van der Waals surface area contributed by atoms with Gasteiger partial charge in [-0.3, -0.25) is 0 Å². The standard InChI is InChI=1S/C7H8Br2N2/c8-7-3-1-2-6(4-7)5-10-11-9/h1-4,10-11H,5H2. The molecule has 0 aromatic heterocycles. The molecule has 0 bridgehead atoms. The van der Waals surface area contributed by atoms with Gasteiger partial charge in [0.05, 0.1) is 0 Å². The Bertz CT molecular complexity index is 227. The first-order valence-corrected chi connectivity index (χ1v) is 4.74. The van der Waals surface area contributed by atoms with E-state index in [0.29, 0.717) is 0 Å². The summed E-state index contributed by atoms with van der Waals surface area (Å²) in [6, 6.07) is 8.14. The van der Waals surface area contributed by atoms with E-state index in [1.807, 2.05) is 12.1 Å². The molecule has 2 N–H and O–H groups in total. The van der Waals surface area contributed by atoms with Crippen molar-refractivity contribution in [2.24, 2.45) is 0 Å². The van der Waals surface area contributed by atoms with Crippen LogP contribution in [0.25, 0.3) is 0 Å². The molecule has 0 unspecified atom stereocenters. The number of halogens is 2. The van der Waals surface area contributed by atoms with Gasteiger partial charge < -0.3 is 0 Å². The molecular formula is C7H8Br2N2. The third-order valence-electron chi connectivity index (χ3n) is 1.25. The van der Waals surface area contributed by atoms with Crippen LogP contribution in [0.1, 0.15) is 5.56 Å². The zero-order valence-corrected chi connectivity index (χ0v) is 8.94. The van der Waals surface area contributed by atoms with Crippen molar-refractivity contribution in [3.05, 3.63) is 34.3 Å². The van der Waals surface area contributed by atoms with Crippen LogP contribution in [0.3, 0.4) is 0 Å². The highest BCUT2D eigenvalue weighted by atomic mass is 79.9. The van der Waals surface area contributed by atoms with Gasteiger partial charge >= 0.3 is 0 Å². The van der Waals surface area contributed by atoms with Crippen LogP contribution in [0.4, 0.5) is 0 Å². The highest BCUT2D eigenvalue weighted by molar-refractivity contribution is 9.10. The van der Waals surface area contributed by atoms with Gasteiger partial charge in [0.15, 0.2) is 0 Å². The third-order valence-corrected chi connectivity index (χ3v) is 2.02. The fraction of sp³-hybridized carbons (Fsp3) is 0.143. The summed E-state index contributed by atoms with van der Waals surface area (Å²) in [5.74, 6) is 0. The largest absolute Gasteiger partial charge is 0.243 e. The molecule has 0 saturated heterocycles. The molecule has 0 aliphatic carbocycles. The van der Waals surface area contributed by atoms with Gasteiger partial charge in [-0.05, 0) is 17.7 Å². The number of nitrogens with one attached hydrogen (secondary N) is 2. The molecular weight excluding hydrogens is 272 g/mol. The lowest BCUT2D eigenvalue weighted by molar-refractivity contribution is 0.695. The fourth-order valence-electron chi connectivity index (χ4n) is 0.782. The molecule has 2 nitrogen and oxygen atoms in total. The fourth-order valence-corrected chi connectivity index (χ4v) is 1.37. The van der Waals surface area contributed by atoms with Crippen LogP contribution in [0.2, 0.25) is 0 Å². The van der Waals surface area contributed by atoms with Gasteiger partial charge in [-0.2, -0.15) is 4.45 Å². The van der Waals surface area contributed by atoms with E-state index in [0.717, 1.165) is 11.0 Å². The zero-order valence-electron chi connectivity index (χ0n) is 5.77. The van der Waals surface area contributed by atoms with E-state index in [1.54, 1.807) is 0 Å². The molecule has 1 rings (SSSR count). The summed E-state index contributed by atoms with van der Waals surface area (Å²) in [6.07, 6.45) is 0. The van der Waals surface area contributed by atoms with E-state index in [-0.39, 0.29) is 0 Å². The summed E-state index contributed by atoms with van der Waals surface area (Å²) in [7, 11) is 0. The van der Waals surface area contributed by atoms with E-state index >= 15 is 0 Å². The van der Waals surface area contributed by atoms with E-state index in [1.165, 1.54) is 5.56 Å². The molecule has 1 aromatic rings. The summed E-state index contributed by atoms with van der Waals surface area (Å²) in [4.78, 5) is 0. The highest BCUT2D eigenvalue weighted by Gasteiger charge is 1.91. The van der Waals surface area contributed by atoms with Crippen molar-refractivity contribution in [2.75, 3.05) is 0 Å². The van der Waals surface area contributed by atoms with Gasteiger partial charge in [-0.25, -0.2) is 5.43 Å². The summed E-state index contributed by atoms with van der Waals surface area (Å²) >= 11 is 6.45. The molecule has 11 heavy (non-hydrogen) atoms. The van der Waals surface area contributed by atoms with E-state index in [9.17, 15) is 0 Å². The Balaban J connectivity index is 2.56. The second-order valence-corrected chi connectivity index (χ2v) is 3.39. The van der Waals surface area contributed by atoms with Gasteiger partial charge in [0, 0.05) is 27.2 Å². The molecule has 0 fully saturated rings. The van der Waals surface area contributed by atoms with Crippen molar-refractivity contribution < 1.29 is 0 Å². The molecule has 0 atom stereocenters. The lowest BCUT2D eigenvalue weighted by Gasteiger charge is -2.01. The SMILES string of the molecule is BrNNCc1cccc(Br)c1. The Morgan fingerprint density at radius 3 is 2.82 bits per heavy atom. The maximum atomic E-state index is 3.39. The number of hydrazine groups is 1. The number of rotatable bonds is 3. The smallest absolute Gasteiger partial charge is 0.0360 e. The van der Waals surface area contributed by atoms with Crippen LogP contribution >= 0.6 is 32.1 Å². The van der Waals surface area contributed by atoms with Crippen molar-refractivity contribution >= 4 is 32.1 Å². The van der Waals surface area contributed by atoms with Crippen molar-refractivity contribution in [1.82, 2.24) is 9.88 Å². The second-order valence-electron chi connectivity index (χ2n) is 2.08. The summed E-state index contributed by atoms with van der Waals surface area (Å²) in [6.45, 7) is 0.796. The quantitative estimate of drug-likeness (QED) is 0.656. The molecule has 0 aliphatic rings. The van der Waals surface area contributed by atoms with Gasteiger partial charge in [-0.15, -0.1) is 0 Å². The van der Waals surface area contributed by atoms with Gasteiger partial charge in [0.2, 0.25) is 0 Å². The minimum absolute atomic E-state index is 0.796. The maximum absolute atomic E-state index is 3.39. The average molecular weight is 280 g/mol. The second kappa shape index (κ2) is 4.87. The lowest BCUT2D eigenvalue weighted by atomic mass is 10.2. The van der Waals surface area contributed by atoms with Crippen LogP contribution in [0, 0.1) is 0 Å². The summed E-state index contributed by atoms with van der Waals surface area (Å²) in [5, 5.41) is 0. The first-order chi connectivity index (χ1) is 5.33. The van der Waals surface area contributed by atoms with Crippen LogP contribution in [0.15, 0.2) is 28.7 Å². The minimum atomic E-state index is 0.796. The Kier molecular flexibility index (Phi) is 4.07. The average Bonchev–Trinajstić information content (AvgIpc) is 2.01. The van der Waals surface area contributed by atoms with Crippen LogP contribution in [-0.2, 0) is 6.54 Å². The minimum Gasteiger partial charge on any atom is -0.243 e. The maximum Gasteiger partial charge on any atom is 0.0360 e. The molecule has 1 aromatic carbocycles. The Morgan fingerprint density at radius 2 is 2.18 bits per heavy atom. The molecule has 0 heterocycles. The predicted molar refractivity (Wildman–Crippen MR) is 53.0 cm³/mol. The number of hydrogen-bond donors (Lipinski definition) is 2. The Morgan fingerprint density at radius 1 is 1.36 bits per heavy atom. The first kappa shape index (κ1) is 9.19. The Labute approximate surface area is 82.8 Å². The van der Waals surface area contributed by atoms with Crippen LogP contribution in [-0.4, -0.2) is 0 Å². The van der Waals surface area contributed by atoms with Crippen LogP contribution < -0.4 is 9.88 Å². The highest BCUT2D eigenvalue weighted by Crippen LogP contribution is 2.10. The zero-order chi connectivity index (χ0) is 8.10. The molecule has 0 radical (unpaired) electrons. The molecule has 60 valence electrons. The topological polar surface area (TPSA) is 24.1 Å². The molecule has 0 aliphatic heterocycles. The number of benzene rings is 1. The molecule has 4 heteroatoms. The van der Waals surface area contributed by atoms with Gasteiger partial charge in [0.25, 0.3) is 0 Å². The third kappa shape index (κ3) is 3.33. The van der Waals surface area contributed by atoms with Crippen molar-refractivity contribution in [1.29, 1.82) is 0 Å².